The lowest BCUT2D eigenvalue weighted by molar-refractivity contribution is 0.00462. The number of aryl methyl sites for hydroxylation is 1. The average Bonchev–Trinajstić information content (AvgIpc) is 2.73. The maximum absolute atomic E-state index is 13.5. The first kappa shape index (κ1) is 19.6. The van der Waals surface area contributed by atoms with E-state index in [1.54, 1.807) is 6.92 Å². The van der Waals surface area contributed by atoms with E-state index >= 15 is 0 Å². The van der Waals surface area contributed by atoms with Crippen molar-refractivity contribution in [1.82, 2.24) is 9.88 Å². The first-order chi connectivity index (χ1) is 14.0. The molecule has 1 aromatic carbocycles. The van der Waals surface area contributed by atoms with Crippen LogP contribution in [0.2, 0.25) is 0 Å². The van der Waals surface area contributed by atoms with Crippen molar-refractivity contribution < 1.29 is 18.7 Å². The minimum atomic E-state index is -0.408. The van der Waals surface area contributed by atoms with Gasteiger partial charge in [0.25, 0.3) is 0 Å². The van der Waals surface area contributed by atoms with Gasteiger partial charge in [-0.3, -0.25) is 4.79 Å². The highest BCUT2D eigenvalue weighted by atomic mass is 19.1. The number of carbonyl (C=O) groups is 2. The number of Topliss-reactive ketones (excluding diaryl/α,β-unsaturated/α-hetero) is 1. The molecule has 6 heteroatoms. The molecule has 0 aliphatic carbocycles. The molecule has 2 aliphatic heterocycles. The number of ether oxygens (including phenoxy) is 1. The maximum atomic E-state index is 13.5. The van der Waals surface area contributed by atoms with E-state index in [-0.39, 0.29) is 42.2 Å². The van der Waals surface area contributed by atoms with Gasteiger partial charge in [0, 0.05) is 18.0 Å². The number of benzene rings is 1. The summed E-state index contributed by atoms with van der Waals surface area (Å²) in [4.78, 5) is 31.7. The van der Waals surface area contributed by atoms with Gasteiger partial charge in [0.1, 0.15) is 18.1 Å². The summed E-state index contributed by atoms with van der Waals surface area (Å²) in [6.07, 6.45) is 3.70. The van der Waals surface area contributed by atoms with Gasteiger partial charge in [-0.1, -0.05) is 30.3 Å². The number of ketones is 1. The maximum Gasteiger partial charge on any atom is 0.410 e. The van der Waals surface area contributed by atoms with E-state index in [0.717, 1.165) is 24.8 Å². The monoisotopic (exact) mass is 396 g/mol. The molecule has 2 fully saturated rings. The molecule has 2 aliphatic rings. The molecule has 152 valence electrons. The number of nitrogens with zero attached hydrogens (tertiary/aromatic N) is 2. The molecule has 5 nitrogen and oxygen atoms in total. The van der Waals surface area contributed by atoms with Gasteiger partial charge in [-0.05, 0) is 56.7 Å². The predicted molar refractivity (Wildman–Crippen MR) is 106 cm³/mol. The smallest absolute Gasteiger partial charge is 0.410 e. The van der Waals surface area contributed by atoms with Gasteiger partial charge in [0.2, 0.25) is 0 Å². The number of rotatable bonds is 4. The van der Waals surface area contributed by atoms with E-state index in [0.29, 0.717) is 18.5 Å². The van der Waals surface area contributed by atoms with Gasteiger partial charge in [-0.15, -0.1) is 0 Å². The molecule has 3 heterocycles. The minimum absolute atomic E-state index is 0.00117. The van der Waals surface area contributed by atoms with Gasteiger partial charge in [0.15, 0.2) is 5.78 Å². The molecule has 29 heavy (non-hydrogen) atoms. The summed E-state index contributed by atoms with van der Waals surface area (Å²) < 4.78 is 19.1. The van der Waals surface area contributed by atoms with E-state index in [9.17, 15) is 14.0 Å². The zero-order chi connectivity index (χ0) is 20.4. The number of piperidine rings is 2. The van der Waals surface area contributed by atoms with Crippen molar-refractivity contribution in [2.24, 2.45) is 5.92 Å². The molecule has 4 rings (SSSR count). The Morgan fingerprint density at radius 2 is 1.79 bits per heavy atom. The van der Waals surface area contributed by atoms with E-state index in [4.69, 9.17) is 4.74 Å². The lowest BCUT2D eigenvalue weighted by atomic mass is 9.76. The van der Waals surface area contributed by atoms with Gasteiger partial charge >= 0.3 is 6.09 Å². The molecule has 2 atom stereocenters. The molecule has 1 amide bonds. The van der Waals surface area contributed by atoms with Crippen molar-refractivity contribution in [1.29, 1.82) is 0 Å². The van der Waals surface area contributed by atoms with E-state index in [1.165, 1.54) is 12.1 Å². The van der Waals surface area contributed by atoms with Crippen LogP contribution in [0.1, 0.15) is 53.8 Å². The standard InChI is InChI=1S/C23H25FN2O3/c1-15-20(24)10-11-21(25-15)22(27)17-12-18-8-5-9-19(13-17)26(18)23(28)29-14-16-6-3-2-4-7-16/h2-4,6-7,10-11,17-19H,5,8-9,12-14H2,1H3. The number of aromatic nitrogens is 1. The molecule has 2 unspecified atom stereocenters. The normalized spacial score (nSPS) is 23.5. The number of pyridine rings is 1. The Labute approximate surface area is 169 Å². The topological polar surface area (TPSA) is 59.5 Å². The molecular formula is C23H25FN2O3. The van der Waals surface area contributed by atoms with E-state index < -0.39 is 5.82 Å². The zero-order valence-electron chi connectivity index (χ0n) is 16.5. The largest absolute Gasteiger partial charge is 0.445 e. The number of amides is 1. The van der Waals surface area contributed by atoms with Crippen LogP contribution in [0.15, 0.2) is 42.5 Å². The summed E-state index contributed by atoms with van der Waals surface area (Å²) in [6.45, 7) is 1.81. The summed E-state index contributed by atoms with van der Waals surface area (Å²) in [5.41, 5.74) is 1.50. The number of carbonyl (C=O) groups excluding carboxylic acids is 2. The molecule has 0 N–H and O–H groups in total. The van der Waals surface area contributed by atoms with Crippen LogP contribution in [0.25, 0.3) is 0 Å². The zero-order valence-corrected chi connectivity index (χ0v) is 16.5. The van der Waals surface area contributed by atoms with Crippen molar-refractivity contribution in [3.8, 4) is 0 Å². The molecule has 2 saturated heterocycles. The highest BCUT2D eigenvalue weighted by molar-refractivity contribution is 5.96. The second kappa shape index (κ2) is 8.31. The lowest BCUT2D eigenvalue weighted by Crippen LogP contribution is -2.55. The predicted octanol–water partition coefficient (Wildman–Crippen LogP) is 4.68. The number of halogens is 1. The first-order valence-electron chi connectivity index (χ1n) is 10.2. The number of hydrogen-bond acceptors (Lipinski definition) is 4. The molecule has 0 spiro atoms. The summed E-state index contributed by atoms with van der Waals surface area (Å²) in [7, 11) is 0. The van der Waals surface area contributed by atoms with Gasteiger partial charge in [-0.2, -0.15) is 0 Å². The Morgan fingerprint density at radius 1 is 1.10 bits per heavy atom. The van der Waals surface area contributed by atoms with Crippen LogP contribution in [-0.4, -0.2) is 33.8 Å². The van der Waals surface area contributed by atoms with Crippen LogP contribution >= 0.6 is 0 Å². The number of fused-ring (bicyclic) bond motifs is 2. The number of hydrogen-bond donors (Lipinski definition) is 0. The van der Waals surface area contributed by atoms with E-state index in [2.05, 4.69) is 4.98 Å². The minimum Gasteiger partial charge on any atom is -0.445 e. The van der Waals surface area contributed by atoms with Crippen LogP contribution in [0.3, 0.4) is 0 Å². The van der Waals surface area contributed by atoms with Crippen molar-refractivity contribution >= 4 is 11.9 Å². The average molecular weight is 396 g/mol. The fraction of sp³-hybridized carbons (Fsp3) is 0.435. The Morgan fingerprint density at radius 3 is 2.45 bits per heavy atom. The second-order valence-electron chi connectivity index (χ2n) is 7.98. The van der Waals surface area contributed by atoms with Crippen LogP contribution in [0.5, 0.6) is 0 Å². The third-order valence-corrected chi connectivity index (χ3v) is 6.04. The highest BCUT2D eigenvalue weighted by Gasteiger charge is 2.44. The third kappa shape index (κ3) is 4.16. The van der Waals surface area contributed by atoms with Crippen molar-refractivity contribution in [3.63, 3.8) is 0 Å². The Kier molecular flexibility index (Phi) is 5.60. The lowest BCUT2D eigenvalue weighted by Gasteiger charge is -2.47. The molecule has 2 bridgehead atoms. The summed E-state index contributed by atoms with van der Waals surface area (Å²) in [5.74, 6) is -0.655. The molecule has 1 aromatic heterocycles. The Balaban J connectivity index is 1.43. The fourth-order valence-corrected chi connectivity index (χ4v) is 4.58. The van der Waals surface area contributed by atoms with E-state index in [1.807, 2.05) is 35.2 Å². The molecular weight excluding hydrogens is 371 g/mol. The van der Waals surface area contributed by atoms with Crippen LogP contribution < -0.4 is 0 Å². The summed E-state index contributed by atoms with van der Waals surface area (Å²) in [5, 5.41) is 0. The Hall–Kier alpha value is -2.76. The van der Waals surface area contributed by atoms with Gasteiger partial charge in [0.05, 0.1) is 5.69 Å². The highest BCUT2D eigenvalue weighted by Crippen LogP contribution is 2.38. The van der Waals surface area contributed by atoms with Crippen LogP contribution in [0, 0.1) is 18.7 Å². The molecule has 0 radical (unpaired) electrons. The SMILES string of the molecule is Cc1nc(C(=O)C2CC3CCCC(C2)N3C(=O)OCc2ccccc2)ccc1F. The summed E-state index contributed by atoms with van der Waals surface area (Å²) in [6, 6.07) is 12.4. The van der Waals surface area contributed by atoms with Crippen molar-refractivity contribution in [3.05, 3.63) is 65.2 Å². The van der Waals surface area contributed by atoms with Gasteiger partial charge in [-0.25, -0.2) is 14.2 Å². The van der Waals surface area contributed by atoms with Crippen LogP contribution in [0.4, 0.5) is 9.18 Å². The first-order valence-corrected chi connectivity index (χ1v) is 10.2. The quantitative estimate of drug-likeness (QED) is 0.704. The second-order valence-corrected chi connectivity index (χ2v) is 7.98. The molecule has 0 saturated carbocycles. The Bertz CT molecular complexity index is 888. The van der Waals surface area contributed by atoms with Crippen molar-refractivity contribution in [2.75, 3.05) is 0 Å². The fourth-order valence-electron chi connectivity index (χ4n) is 4.58. The molecule has 2 aromatic rings. The summed E-state index contributed by atoms with van der Waals surface area (Å²) >= 11 is 0. The van der Waals surface area contributed by atoms with Gasteiger partial charge < -0.3 is 9.64 Å². The van der Waals surface area contributed by atoms with Crippen molar-refractivity contribution in [2.45, 2.75) is 57.7 Å². The third-order valence-electron chi connectivity index (χ3n) is 6.04. The van der Waals surface area contributed by atoms with Crippen LogP contribution in [-0.2, 0) is 11.3 Å².